The molecule has 2 saturated carbocycles. The van der Waals surface area contributed by atoms with Crippen LogP contribution in [0.15, 0.2) is 42.6 Å². The van der Waals surface area contributed by atoms with E-state index >= 15 is 0 Å². The molecule has 2 fully saturated rings. The minimum absolute atomic E-state index is 0. The normalized spacial score (nSPS) is 25.0. The first kappa shape index (κ1) is 24.3. The topological polar surface area (TPSA) is 77.2 Å². The van der Waals surface area contributed by atoms with Crippen molar-refractivity contribution in [1.82, 2.24) is 10.3 Å². The standard InChI is InChI=1S/C23H26F3N3O2.ClH/c24-23(25,26)17-3-1-2-14(10-17)13-31-21-9-6-16(12-28-21)19-11-20(19)29-18-7-4-15(5-8-18)22(27)30;/h1-3,6,9-10,12,15,18-20,29H,4-5,7-8,11,13H2,(H2,27,30);1H/t15?,18?,19-,20+;/m1./s1. The van der Waals surface area contributed by atoms with Gasteiger partial charge in [0, 0.05) is 36.2 Å². The number of pyridine rings is 1. The molecule has 2 aliphatic carbocycles. The van der Waals surface area contributed by atoms with Gasteiger partial charge >= 0.3 is 6.18 Å². The quantitative estimate of drug-likeness (QED) is 0.621. The summed E-state index contributed by atoms with van der Waals surface area (Å²) in [5.74, 6) is 0.611. The number of hydrogen-bond donors (Lipinski definition) is 2. The van der Waals surface area contributed by atoms with Crippen molar-refractivity contribution in [3.8, 4) is 5.88 Å². The number of amides is 1. The summed E-state index contributed by atoms with van der Waals surface area (Å²) < 4.78 is 44.0. The Morgan fingerprint density at radius 1 is 1.16 bits per heavy atom. The average molecular weight is 470 g/mol. The summed E-state index contributed by atoms with van der Waals surface area (Å²) in [5, 5.41) is 3.68. The van der Waals surface area contributed by atoms with Gasteiger partial charge < -0.3 is 15.8 Å². The van der Waals surface area contributed by atoms with Crippen LogP contribution in [-0.2, 0) is 17.6 Å². The Bertz CT molecular complexity index is 915. The number of benzene rings is 1. The maximum Gasteiger partial charge on any atom is 0.416 e. The lowest BCUT2D eigenvalue weighted by Gasteiger charge is -2.27. The molecule has 0 saturated heterocycles. The first-order valence-electron chi connectivity index (χ1n) is 10.6. The van der Waals surface area contributed by atoms with Crippen LogP contribution in [0.4, 0.5) is 13.2 Å². The van der Waals surface area contributed by atoms with Gasteiger partial charge in [-0.3, -0.25) is 4.79 Å². The molecule has 0 radical (unpaired) electrons. The zero-order valence-electron chi connectivity index (χ0n) is 17.5. The third-order valence-corrected chi connectivity index (χ3v) is 6.20. The third-order valence-electron chi connectivity index (χ3n) is 6.20. The van der Waals surface area contributed by atoms with E-state index in [2.05, 4.69) is 10.3 Å². The Morgan fingerprint density at radius 3 is 2.53 bits per heavy atom. The van der Waals surface area contributed by atoms with E-state index in [-0.39, 0.29) is 30.8 Å². The van der Waals surface area contributed by atoms with Crippen molar-refractivity contribution in [3.05, 3.63) is 59.3 Å². The number of nitrogens with two attached hydrogens (primary N) is 1. The van der Waals surface area contributed by atoms with Crippen molar-refractivity contribution in [2.75, 3.05) is 0 Å². The molecular weight excluding hydrogens is 443 g/mol. The fourth-order valence-electron chi connectivity index (χ4n) is 4.29. The number of nitrogens with one attached hydrogen (secondary N) is 1. The van der Waals surface area contributed by atoms with Crippen LogP contribution in [0.5, 0.6) is 5.88 Å². The van der Waals surface area contributed by atoms with Crippen molar-refractivity contribution >= 4 is 18.3 Å². The van der Waals surface area contributed by atoms with Crippen molar-refractivity contribution in [2.24, 2.45) is 11.7 Å². The highest BCUT2D eigenvalue weighted by Gasteiger charge is 2.40. The lowest BCUT2D eigenvalue weighted by atomic mass is 9.85. The molecule has 5 nitrogen and oxygen atoms in total. The lowest BCUT2D eigenvalue weighted by molar-refractivity contribution is -0.137. The lowest BCUT2D eigenvalue weighted by Crippen LogP contribution is -2.38. The number of halogens is 4. The zero-order chi connectivity index (χ0) is 22.0. The van der Waals surface area contributed by atoms with Crippen molar-refractivity contribution in [2.45, 2.75) is 62.9 Å². The number of primary amides is 1. The van der Waals surface area contributed by atoms with E-state index in [9.17, 15) is 18.0 Å². The van der Waals surface area contributed by atoms with Gasteiger partial charge in [-0.25, -0.2) is 4.98 Å². The molecule has 4 rings (SSSR count). The second-order valence-corrected chi connectivity index (χ2v) is 8.48. The molecule has 1 aromatic heterocycles. The Kier molecular flexibility index (Phi) is 7.67. The van der Waals surface area contributed by atoms with Crippen LogP contribution in [0, 0.1) is 5.92 Å². The van der Waals surface area contributed by atoms with E-state index in [1.165, 1.54) is 6.07 Å². The molecule has 1 heterocycles. The molecule has 0 unspecified atom stereocenters. The summed E-state index contributed by atoms with van der Waals surface area (Å²) >= 11 is 0. The number of ether oxygens (including phenoxy) is 1. The first-order valence-corrected chi connectivity index (χ1v) is 10.6. The van der Waals surface area contributed by atoms with Crippen molar-refractivity contribution in [3.63, 3.8) is 0 Å². The number of carbonyl (C=O) groups is 1. The summed E-state index contributed by atoms with van der Waals surface area (Å²) in [6.45, 7) is 0.0256. The minimum Gasteiger partial charge on any atom is -0.473 e. The van der Waals surface area contributed by atoms with Crippen LogP contribution in [0.3, 0.4) is 0 Å². The maximum atomic E-state index is 12.8. The summed E-state index contributed by atoms with van der Waals surface area (Å²) in [6.07, 6.45) is 2.09. The largest absolute Gasteiger partial charge is 0.473 e. The summed E-state index contributed by atoms with van der Waals surface area (Å²) in [5.41, 5.74) is 6.27. The number of nitrogens with zero attached hydrogens (tertiary/aromatic N) is 1. The van der Waals surface area contributed by atoms with Gasteiger partial charge in [-0.2, -0.15) is 13.2 Å². The van der Waals surface area contributed by atoms with Gasteiger partial charge in [-0.05, 0) is 55.4 Å². The van der Waals surface area contributed by atoms with Crippen LogP contribution < -0.4 is 15.8 Å². The van der Waals surface area contributed by atoms with E-state index in [0.29, 0.717) is 29.4 Å². The number of hydrogen-bond acceptors (Lipinski definition) is 4. The van der Waals surface area contributed by atoms with E-state index in [4.69, 9.17) is 10.5 Å². The Morgan fingerprint density at radius 2 is 1.91 bits per heavy atom. The first-order chi connectivity index (χ1) is 14.8. The summed E-state index contributed by atoms with van der Waals surface area (Å²) in [4.78, 5) is 15.6. The minimum atomic E-state index is -4.37. The maximum absolute atomic E-state index is 12.8. The molecule has 2 atom stereocenters. The third kappa shape index (κ3) is 6.13. The summed E-state index contributed by atoms with van der Waals surface area (Å²) in [6, 6.07) is 9.66. The van der Waals surface area contributed by atoms with Crippen LogP contribution >= 0.6 is 12.4 Å². The molecule has 0 spiro atoms. The van der Waals surface area contributed by atoms with Crippen LogP contribution in [0.25, 0.3) is 0 Å². The monoisotopic (exact) mass is 469 g/mol. The predicted molar refractivity (Wildman–Crippen MR) is 116 cm³/mol. The summed E-state index contributed by atoms with van der Waals surface area (Å²) in [7, 11) is 0. The Labute approximate surface area is 191 Å². The molecule has 0 aliphatic heterocycles. The van der Waals surface area contributed by atoms with Gasteiger partial charge in [-0.15, -0.1) is 12.4 Å². The second kappa shape index (κ2) is 10.1. The molecule has 32 heavy (non-hydrogen) atoms. The molecule has 1 aromatic carbocycles. The fourth-order valence-corrected chi connectivity index (χ4v) is 4.29. The highest BCUT2D eigenvalue weighted by molar-refractivity contribution is 5.85. The highest BCUT2D eigenvalue weighted by Crippen LogP contribution is 2.42. The Balaban J connectivity index is 0.00000289. The zero-order valence-corrected chi connectivity index (χ0v) is 18.3. The van der Waals surface area contributed by atoms with Crippen LogP contribution in [0.2, 0.25) is 0 Å². The molecule has 2 aliphatic rings. The Hall–Kier alpha value is -2.32. The van der Waals surface area contributed by atoms with E-state index in [0.717, 1.165) is 49.8 Å². The molecular formula is C23H27ClF3N3O2. The van der Waals surface area contributed by atoms with Crippen LogP contribution in [-0.4, -0.2) is 23.0 Å². The predicted octanol–water partition coefficient (Wildman–Crippen LogP) is 4.59. The van der Waals surface area contributed by atoms with Gasteiger partial charge in [0.05, 0.1) is 5.56 Å². The molecule has 0 bridgehead atoms. The smallest absolute Gasteiger partial charge is 0.416 e. The van der Waals surface area contributed by atoms with E-state index in [1.54, 1.807) is 18.3 Å². The van der Waals surface area contributed by atoms with E-state index < -0.39 is 11.7 Å². The van der Waals surface area contributed by atoms with Crippen LogP contribution in [0.1, 0.15) is 54.7 Å². The van der Waals surface area contributed by atoms with Gasteiger partial charge in [0.15, 0.2) is 0 Å². The number of alkyl halides is 3. The average Bonchev–Trinajstić information content (AvgIpc) is 3.51. The number of aromatic nitrogens is 1. The molecule has 174 valence electrons. The fraction of sp³-hybridized carbons (Fsp3) is 0.478. The van der Waals surface area contributed by atoms with Gasteiger partial charge in [0.2, 0.25) is 11.8 Å². The molecule has 3 N–H and O–H groups in total. The van der Waals surface area contributed by atoms with Gasteiger partial charge in [0.25, 0.3) is 0 Å². The molecule has 9 heteroatoms. The SMILES string of the molecule is Cl.NC(=O)C1CCC(N[C@H]2C[C@@H]2c2ccc(OCc3cccc(C(F)(F)F)c3)nc2)CC1. The number of rotatable bonds is 7. The number of carbonyl (C=O) groups excluding carboxylic acids is 1. The van der Waals surface area contributed by atoms with Gasteiger partial charge in [-0.1, -0.05) is 18.2 Å². The second-order valence-electron chi connectivity index (χ2n) is 8.48. The molecule has 2 aromatic rings. The van der Waals surface area contributed by atoms with Crippen molar-refractivity contribution < 1.29 is 22.7 Å². The molecule has 1 amide bonds. The van der Waals surface area contributed by atoms with Crippen molar-refractivity contribution in [1.29, 1.82) is 0 Å². The van der Waals surface area contributed by atoms with E-state index in [1.807, 2.05) is 6.07 Å². The van der Waals surface area contributed by atoms with Gasteiger partial charge in [0.1, 0.15) is 6.61 Å². The highest BCUT2D eigenvalue weighted by atomic mass is 35.5.